The molecule has 0 aromatic carbocycles. The van der Waals surface area contributed by atoms with Crippen molar-refractivity contribution in [2.24, 2.45) is 5.92 Å². The van der Waals surface area contributed by atoms with Crippen LogP contribution in [0, 0.1) is 5.92 Å². The first kappa shape index (κ1) is 14.4. The maximum absolute atomic E-state index is 11.6. The van der Waals surface area contributed by atoms with Gasteiger partial charge in [0.15, 0.2) is 0 Å². The Morgan fingerprint density at radius 1 is 1.20 bits per heavy atom. The third-order valence-corrected chi connectivity index (χ3v) is 2.31. The lowest BCUT2D eigenvalue weighted by Gasteiger charge is -2.21. The zero-order chi connectivity index (χ0) is 12.0. The second-order valence-corrected chi connectivity index (χ2v) is 4.56. The average Bonchev–Trinajstić information content (AvgIpc) is 2.13. The van der Waals surface area contributed by atoms with Crippen LogP contribution in [0.25, 0.3) is 0 Å². The summed E-state index contributed by atoms with van der Waals surface area (Å²) in [6, 6.07) is -0.349. The lowest BCUT2D eigenvalue weighted by Crippen LogP contribution is -2.49. The Morgan fingerprint density at radius 2 is 1.73 bits per heavy atom. The third-order valence-electron chi connectivity index (χ3n) is 2.31. The number of hydrogen-bond donors (Lipinski definition) is 3. The fourth-order valence-corrected chi connectivity index (χ4v) is 1.07. The molecule has 4 nitrogen and oxygen atoms in total. The minimum atomic E-state index is -0.453. The molecule has 4 heteroatoms. The standard InChI is InChI=1S/C11H24N2O2/c1-7(2)6-12-11(15)9(4)13-8(3)10(5)14/h7-10,13-14H,6H2,1-5H3,(H,12,15). The fraction of sp³-hybridized carbons (Fsp3) is 0.909. The van der Waals surface area contributed by atoms with Crippen molar-refractivity contribution >= 4 is 5.91 Å². The minimum Gasteiger partial charge on any atom is -0.392 e. The molecular weight excluding hydrogens is 192 g/mol. The second kappa shape index (κ2) is 6.80. The lowest BCUT2D eigenvalue weighted by molar-refractivity contribution is -0.123. The molecule has 0 radical (unpaired) electrons. The van der Waals surface area contributed by atoms with E-state index in [0.29, 0.717) is 12.5 Å². The van der Waals surface area contributed by atoms with Crippen LogP contribution in [0.1, 0.15) is 34.6 Å². The van der Waals surface area contributed by atoms with Gasteiger partial charge in [-0.1, -0.05) is 13.8 Å². The Balaban J connectivity index is 3.88. The average molecular weight is 216 g/mol. The number of aliphatic hydroxyl groups excluding tert-OH is 1. The predicted octanol–water partition coefficient (Wildman–Crippen LogP) is 0.506. The summed E-state index contributed by atoms with van der Waals surface area (Å²) in [6.45, 7) is 10.2. The van der Waals surface area contributed by atoms with Gasteiger partial charge < -0.3 is 15.7 Å². The van der Waals surface area contributed by atoms with Gasteiger partial charge in [-0.2, -0.15) is 0 Å². The van der Waals surface area contributed by atoms with E-state index in [1.165, 1.54) is 0 Å². The molecule has 0 saturated heterocycles. The Labute approximate surface area is 92.4 Å². The smallest absolute Gasteiger partial charge is 0.236 e. The van der Waals surface area contributed by atoms with Gasteiger partial charge in [-0.3, -0.25) is 4.79 Å². The maximum atomic E-state index is 11.6. The van der Waals surface area contributed by atoms with Gasteiger partial charge >= 0.3 is 0 Å². The Bertz CT molecular complexity index is 193. The molecule has 0 rings (SSSR count). The van der Waals surface area contributed by atoms with Crippen LogP contribution in [0.15, 0.2) is 0 Å². The SMILES string of the molecule is CC(C)CNC(=O)C(C)NC(C)C(C)O. The lowest BCUT2D eigenvalue weighted by atomic mass is 10.1. The zero-order valence-electron chi connectivity index (χ0n) is 10.4. The minimum absolute atomic E-state index is 0.0174. The van der Waals surface area contributed by atoms with E-state index in [-0.39, 0.29) is 18.0 Å². The first-order valence-electron chi connectivity index (χ1n) is 5.56. The summed E-state index contributed by atoms with van der Waals surface area (Å²) in [6.07, 6.45) is -0.453. The van der Waals surface area contributed by atoms with Gasteiger partial charge in [-0.15, -0.1) is 0 Å². The summed E-state index contributed by atoms with van der Waals surface area (Å²) in [7, 11) is 0. The number of rotatable bonds is 6. The van der Waals surface area contributed by atoms with Gasteiger partial charge in [0.1, 0.15) is 0 Å². The second-order valence-electron chi connectivity index (χ2n) is 4.56. The van der Waals surface area contributed by atoms with E-state index in [0.717, 1.165) is 0 Å². The molecule has 0 aliphatic rings. The van der Waals surface area contributed by atoms with Crippen LogP contribution in [0.5, 0.6) is 0 Å². The van der Waals surface area contributed by atoms with Gasteiger partial charge in [0.05, 0.1) is 12.1 Å². The molecule has 0 bridgehead atoms. The monoisotopic (exact) mass is 216 g/mol. The highest BCUT2D eigenvalue weighted by Crippen LogP contribution is 1.94. The van der Waals surface area contributed by atoms with Crippen molar-refractivity contribution < 1.29 is 9.90 Å². The molecule has 3 unspecified atom stereocenters. The molecule has 1 amide bonds. The number of nitrogens with one attached hydrogen (secondary N) is 2. The third kappa shape index (κ3) is 6.47. The molecule has 0 spiro atoms. The van der Waals surface area contributed by atoms with E-state index in [9.17, 15) is 9.90 Å². The van der Waals surface area contributed by atoms with Crippen LogP contribution in [-0.2, 0) is 4.79 Å². The summed E-state index contributed by atoms with van der Waals surface area (Å²) < 4.78 is 0. The highest BCUT2D eigenvalue weighted by Gasteiger charge is 2.17. The van der Waals surface area contributed by atoms with Crippen molar-refractivity contribution in [2.45, 2.75) is 52.8 Å². The van der Waals surface area contributed by atoms with Crippen LogP contribution in [0.4, 0.5) is 0 Å². The highest BCUT2D eigenvalue weighted by atomic mass is 16.3. The van der Waals surface area contributed by atoms with Crippen LogP contribution >= 0.6 is 0 Å². The van der Waals surface area contributed by atoms with Gasteiger partial charge in [0, 0.05) is 12.6 Å². The highest BCUT2D eigenvalue weighted by molar-refractivity contribution is 5.81. The molecule has 0 aromatic rings. The number of carbonyl (C=O) groups excluding carboxylic acids is 1. The van der Waals surface area contributed by atoms with E-state index in [1.54, 1.807) is 13.8 Å². The summed E-state index contributed by atoms with van der Waals surface area (Å²) in [5, 5.41) is 15.2. The van der Waals surface area contributed by atoms with E-state index in [4.69, 9.17) is 0 Å². The number of aliphatic hydroxyl groups is 1. The molecule has 0 fully saturated rings. The summed E-state index contributed by atoms with van der Waals surface area (Å²) in [4.78, 5) is 11.6. The summed E-state index contributed by atoms with van der Waals surface area (Å²) >= 11 is 0. The molecule has 0 aromatic heterocycles. The Morgan fingerprint density at radius 3 is 2.13 bits per heavy atom. The molecule has 90 valence electrons. The number of hydrogen-bond acceptors (Lipinski definition) is 3. The molecule has 3 N–H and O–H groups in total. The summed E-state index contributed by atoms with van der Waals surface area (Å²) in [5.74, 6) is 0.437. The number of carbonyl (C=O) groups is 1. The van der Waals surface area contributed by atoms with Crippen molar-refractivity contribution in [3.63, 3.8) is 0 Å². The largest absolute Gasteiger partial charge is 0.392 e. The van der Waals surface area contributed by atoms with Crippen molar-refractivity contribution in [1.29, 1.82) is 0 Å². The molecule has 0 aliphatic heterocycles. The van der Waals surface area contributed by atoms with Crippen LogP contribution in [0.3, 0.4) is 0 Å². The Kier molecular flexibility index (Phi) is 6.52. The van der Waals surface area contributed by atoms with E-state index < -0.39 is 6.10 Å². The molecular formula is C11H24N2O2. The first-order chi connectivity index (χ1) is 6.84. The van der Waals surface area contributed by atoms with Crippen LogP contribution in [0.2, 0.25) is 0 Å². The zero-order valence-corrected chi connectivity index (χ0v) is 10.4. The van der Waals surface area contributed by atoms with E-state index in [2.05, 4.69) is 24.5 Å². The van der Waals surface area contributed by atoms with Gasteiger partial charge in [-0.05, 0) is 26.7 Å². The van der Waals surface area contributed by atoms with Crippen LogP contribution < -0.4 is 10.6 Å². The molecule has 0 heterocycles. The summed E-state index contributed by atoms with van der Waals surface area (Å²) in [5.41, 5.74) is 0. The van der Waals surface area contributed by atoms with Gasteiger partial charge in [0.25, 0.3) is 0 Å². The Hall–Kier alpha value is -0.610. The van der Waals surface area contributed by atoms with Crippen molar-refractivity contribution in [1.82, 2.24) is 10.6 Å². The van der Waals surface area contributed by atoms with Gasteiger partial charge in [-0.25, -0.2) is 0 Å². The molecule has 0 aliphatic carbocycles. The van der Waals surface area contributed by atoms with Crippen molar-refractivity contribution in [3.8, 4) is 0 Å². The maximum Gasteiger partial charge on any atom is 0.236 e. The van der Waals surface area contributed by atoms with E-state index >= 15 is 0 Å². The first-order valence-corrected chi connectivity index (χ1v) is 5.56. The number of amides is 1. The topological polar surface area (TPSA) is 61.4 Å². The molecule has 3 atom stereocenters. The van der Waals surface area contributed by atoms with E-state index in [1.807, 2.05) is 6.92 Å². The van der Waals surface area contributed by atoms with Gasteiger partial charge in [0.2, 0.25) is 5.91 Å². The normalized spacial score (nSPS) is 17.3. The van der Waals surface area contributed by atoms with Crippen molar-refractivity contribution in [3.05, 3.63) is 0 Å². The quantitative estimate of drug-likeness (QED) is 0.606. The fourth-order valence-electron chi connectivity index (χ4n) is 1.07. The predicted molar refractivity (Wildman–Crippen MR) is 61.6 cm³/mol. The molecule has 15 heavy (non-hydrogen) atoms. The van der Waals surface area contributed by atoms with Crippen LogP contribution in [-0.4, -0.2) is 35.7 Å². The van der Waals surface area contributed by atoms with Crippen molar-refractivity contribution in [2.75, 3.05) is 6.54 Å². The molecule has 0 saturated carbocycles.